The summed E-state index contributed by atoms with van der Waals surface area (Å²) in [5, 5.41) is 14.1. The number of fused-ring (bicyclic) bond motifs is 1. The average molecular weight is 420 g/mol. The van der Waals surface area contributed by atoms with E-state index in [0.29, 0.717) is 5.75 Å². The van der Waals surface area contributed by atoms with Crippen molar-refractivity contribution in [3.05, 3.63) is 59.7 Å². The number of nitrogens with one attached hydrogen (secondary N) is 1. The Labute approximate surface area is 167 Å². The number of benzene rings is 2. The number of carbonyl (C=O) groups is 1. The first-order chi connectivity index (χ1) is 13.8. The lowest BCUT2D eigenvalue weighted by atomic mass is 10.1. The Kier molecular flexibility index (Phi) is 4.83. The van der Waals surface area contributed by atoms with Crippen LogP contribution in [-0.2, 0) is 5.75 Å². The quantitative estimate of drug-likeness (QED) is 0.627. The van der Waals surface area contributed by atoms with Crippen LogP contribution < -0.4 is 0 Å². The Bertz CT molecular complexity index is 1050. The van der Waals surface area contributed by atoms with Crippen LogP contribution in [-0.4, -0.2) is 44.1 Å². The third-order valence-corrected chi connectivity index (χ3v) is 5.46. The molecule has 1 aliphatic rings. The van der Waals surface area contributed by atoms with Gasteiger partial charge in [-0.25, -0.2) is 4.98 Å². The number of amides is 1. The van der Waals surface area contributed by atoms with Crippen molar-refractivity contribution in [2.45, 2.75) is 29.2 Å². The maximum atomic E-state index is 13.1. The van der Waals surface area contributed by atoms with E-state index in [1.807, 2.05) is 24.3 Å². The Hall–Kier alpha value is -2.85. The first kappa shape index (κ1) is 19.5. The number of H-pyrrole nitrogens is 1. The normalized spacial score (nSPS) is 19.2. The molecule has 0 bridgehead atoms. The largest absolute Gasteiger partial charge is 0.438 e. The molecule has 1 amide bonds. The Balaban J connectivity index is 1.45. The fourth-order valence-electron chi connectivity index (χ4n) is 2.90. The molecule has 0 unspecified atom stereocenters. The van der Waals surface area contributed by atoms with Crippen molar-refractivity contribution in [1.29, 1.82) is 0 Å². The van der Waals surface area contributed by atoms with Crippen LogP contribution >= 0.6 is 11.8 Å². The second-order valence-electron chi connectivity index (χ2n) is 6.48. The monoisotopic (exact) mass is 420 g/mol. The van der Waals surface area contributed by atoms with Gasteiger partial charge in [-0.1, -0.05) is 36.0 Å². The highest BCUT2D eigenvalue weighted by atomic mass is 32.2. The number of imidazole rings is 1. The molecule has 2 heterocycles. The zero-order valence-electron chi connectivity index (χ0n) is 14.8. The maximum absolute atomic E-state index is 13.1. The van der Waals surface area contributed by atoms with Crippen molar-refractivity contribution >= 4 is 34.9 Å². The highest BCUT2D eigenvalue weighted by molar-refractivity contribution is 7.98. The average Bonchev–Trinajstić information content (AvgIpc) is 3.29. The molecule has 6 nitrogen and oxygen atoms in total. The SMILES string of the molecule is O=C(c1ccc(CSc2nc3ccccc3[nH]2)cc1)N1N=CC[C@@]1(O)C(F)(F)F. The third-order valence-electron chi connectivity index (χ3n) is 4.51. The number of hydrazone groups is 1. The number of carbonyl (C=O) groups excluding carboxylic acids is 1. The van der Waals surface area contributed by atoms with Gasteiger partial charge in [0.05, 0.1) is 11.0 Å². The van der Waals surface area contributed by atoms with Gasteiger partial charge in [0.2, 0.25) is 0 Å². The molecule has 2 aromatic carbocycles. The summed E-state index contributed by atoms with van der Waals surface area (Å²) in [6, 6.07) is 13.8. The molecule has 2 N–H and O–H groups in total. The Morgan fingerprint density at radius 2 is 1.93 bits per heavy atom. The highest BCUT2D eigenvalue weighted by Gasteiger charge is 2.61. The summed E-state index contributed by atoms with van der Waals surface area (Å²) in [5.41, 5.74) is -0.661. The number of aromatic amines is 1. The van der Waals surface area contributed by atoms with E-state index in [-0.39, 0.29) is 10.6 Å². The number of hydrogen-bond acceptors (Lipinski definition) is 5. The number of alkyl halides is 3. The number of rotatable bonds is 4. The summed E-state index contributed by atoms with van der Waals surface area (Å²) in [4.78, 5) is 20.1. The standard InChI is InChI=1S/C19H15F3N4O2S/c20-19(21,22)18(28)9-10-23-26(18)16(27)13-7-5-12(6-8-13)11-29-17-24-14-3-1-2-4-15(14)25-17/h1-8,10,28H,9,11H2,(H,24,25)/t18-/m1/s1. The molecule has 4 rings (SSSR count). The molecule has 0 saturated carbocycles. The molecule has 1 aliphatic heterocycles. The zero-order chi connectivity index (χ0) is 20.6. The molecule has 1 atom stereocenters. The number of hydrogen-bond donors (Lipinski definition) is 2. The first-order valence-electron chi connectivity index (χ1n) is 8.60. The molecule has 3 aromatic rings. The second-order valence-corrected chi connectivity index (χ2v) is 7.44. The molecule has 0 fully saturated rings. The van der Waals surface area contributed by atoms with Crippen LogP contribution in [0.2, 0.25) is 0 Å². The number of aromatic nitrogens is 2. The van der Waals surface area contributed by atoms with E-state index in [1.165, 1.54) is 23.9 Å². The van der Waals surface area contributed by atoms with E-state index in [1.54, 1.807) is 12.1 Å². The fraction of sp³-hybridized carbons (Fsp3) is 0.211. The van der Waals surface area contributed by atoms with Gasteiger partial charge in [-0.15, -0.1) is 0 Å². The van der Waals surface area contributed by atoms with E-state index < -0.39 is 24.2 Å². The van der Waals surface area contributed by atoms with Crippen LogP contribution in [0.4, 0.5) is 13.2 Å². The fourth-order valence-corrected chi connectivity index (χ4v) is 3.74. The molecule has 1 aromatic heterocycles. The topological polar surface area (TPSA) is 81.6 Å². The Morgan fingerprint density at radius 1 is 1.21 bits per heavy atom. The summed E-state index contributed by atoms with van der Waals surface area (Å²) in [6.07, 6.45) is -4.93. The van der Waals surface area contributed by atoms with E-state index in [0.717, 1.165) is 28.0 Å². The van der Waals surface area contributed by atoms with Crippen molar-refractivity contribution in [3.63, 3.8) is 0 Å². The minimum absolute atomic E-state index is 0.00390. The number of halogens is 3. The van der Waals surface area contributed by atoms with Gasteiger partial charge in [0.15, 0.2) is 5.16 Å². The summed E-state index contributed by atoms with van der Waals surface area (Å²) in [7, 11) is 0. The molecular weight excluding hydrogens is 405 g/mol. The smallest absolute Gasteiger partial charge is 0.362 e. The summed E-state index contributed by atoms with van der Waals surface area (Å²) >= 11 is 1.47. The number of nitrogens with zero attached hydrogens (tertiary/aromatic N) is 3. The van der Waals surface area contributed by atoms with Crippen LogP contribution in [0.1, 0.15) is 22.3 Å². The van der Waals surface area contributed by atoms with Crippen molar-refractivity contribution in [2.75, 3.05) is 0 Å². The highest BCUT2D eigenvalue weighted by Crippen LogP contribution is 2.39. The lowest BCUT2D eigenvalue weighted by Gasteiger charge is -2.32. The third kappa shape index (κ3) is 3.60. The number of thioether (sulfide) groups is 1. The molecule has 0 saturated heterocycles. The molecule has 0 radical (unpaired) electrons. The predicted octanol–water partition coefficient (Wildman–Crippen LogP) is 3.94. The lowest BCUT2D eigenvalue weighted by Crippen LogP contribution is -2.56. The van der Waals surface area contributed by atoms with E-state index in [2.05, 4.69) is 15.1 Å². The van der Waals surface area contributed by atoms with Gasteiger partial charge >= 0.3 is 6.18 Å². The molecular formula is C19H15F3N4O2S. The summed E-state index contributed by atoms with van der Waals surface area (Å²) in [6.45, 7) is 0. The van der Waals surface area contributed by atoms with Crippen LogP contribution in [0, 0.1) is 0 Å². The predicted molar refractivity (Wildman–Crippen MR) is 102 cm³/mol. The molecule has 29 heavy (non-hydrogen) atoms. The molecule has 0 spiro atoms. The van der Waals surface area contributed by atoms with Crippen LogP contribution in [0.15, 0.2) is 58.8 Å². The second kappa shape index (κ2) is 7.20. The maximum Gasteiger partial charge on any atom is 0.438 e. The van der Waals surface area contributed by atoms with Crippen molar-refractivity contribution in [2.24, 2.45) is 5.10 Å². The van der Waals surface area contributed by atoms with Crippen molar-refractivity contribution in [1.82, 2.24) is 15.0 Å². The van der Waals surface area contributed by atoms with Gasteiger partial charge in [0.1, 0.15) is 0 Å². The van der Waals surface area contributed by atoms with Crippen molar-refractivity contribution in [3.8, 4) is 0 Å². The van der Waals surface area contributed by atoms with Gasteiger partial charge < -0.3 is 10.1 Å². The minimum Gasteiger partial charge on any atom is -0.362 e. The number of para-hydroxylation sites is 2. The van der Waals surface area contributed by atoms with Gasteiger partial charge in [0, 0.05) is 24.0 Å². The Morgan fingerprint density at radius 3 is 2.62 bits per heavy atom. The minimum atomic E-state index is -5.01. The van der Waals surface area contributed by atoms with Crippen LogP contribution in [0.25, 0.3) is 11.0 Å². The van der Waals surface area contributed by atoms with Crippen LogP contribution in [0.5, 0.6) is 0 Å². The molecule has 10 heteroatoms. The molecule has 0 aliphatic carbocycles. The summed E-state index contributed by atoms with van der Waals surface area (Å²) < 4.78 is 39.4. The van der Waals surface area contributed by atoms with E-state index in [4.69, 9.17) is 0 Å². The van der Waals surface area contributed by atoms with Crippen molar-refractivity contribution < 1.29 is 23.1 Å². The number of aliphatic hydroxyl groups is 1. The van der Waals surface area contributed by atoms with Gasteiger partial charge in [-0.2, -0.15) is 23.3 Å². The lowest BCUT2D eigenvalue weighted by molar-refractivity contribution is -0.297. The van der Waals surface area contributed by atoms with Gasteiger partial charge in [-0.3, -0.25) is 4.79 Å². The van der Waals surface area contributed by atoms with E-state index >= 15 is 0 Å². The van der Waals surface area contributed by atoms with Gasteiger partial charge in [-0.05, 0) is 29.8 Å². The summed E-state index contributed by atoms with van der Waals surface area (Å²) in [5.74, 6) is -0.460. The van der Waals surface area contributed by atoms with E-state index in [9.17, 15) is 23.1 Å². The van der Waals surface area contributed by atoms with Gasteiger partial charge in [0.25, 0.3) is 11.6 Å². The first-order valence-corrected chi connectivity index (χ1v) is 9.59. The van der Waals surface area contributed by atoms with Crippen LogP contribution in [0.3, 0.4) is 0 Å². The molecule has 150 valence electrons. The zero-order valence-corrected chi connectivity index (χ0v) is 15.7.